The molecule has 0 bridgehead atoms. The summed E-state index contributed by atoms with van der Waals surface area (Å²) in [4.78, 5) is 0. The van der Waals surface area contributed by atoms with Crippen molar-refractivity contribution in [3.05, 3.63) is 0 Å². The fourth-order valence-electron chi connectivity index (χ4n) is 1.83. The van der Waals surface area contributed by atoms with Gasteiger partial charge in [0, 0.05) is 0 Å². The van der Waals surface area contributed by atoms with Crippen LogP contribution in [0.25, 0.3) is 0 Å². The summed E-state index contributed by atoms with van der Waals surface area (Å²) in [6.45, 7) is 11.3. The molecule has 3 N–H and O–H groups in total. The van der Waals surface area contributed by atoms with Crippen LogP contribution in [-0.2, 0) is 0 Å². The lowest BCUT2D eigenvalue weighted by Crippen LogP contribution is -2.18. The zero-order valence-corrected chi connectivity index (χ0v) is 15.7. The maximum absolute atomic E-state index is 3.53. The first-order chi connectivity index (χ1) is 8.41. The molecule has 0 amide bonds. The van der Waals surface area contributed by atoms with Gasteiger partial charge in [-0.3, -0.25) is 0 Å². The van der Waals surface area contributed by atoms with Crippen LogP contribution < -0.4 is 16.0 Å². The second-order valence-corrected chi connectivity index (χ2v) is 4.58. The van der Waals surface area contributed by atoms with Crippen molar-refractivity contribution in [3.8, 4) is 0 Å². The average molecular weight is 353 g/mol. The first kappa shape index (κ1) is 28.8. The minimum absolute atomic E-state index is 0. The molecule has 0 aromatic rings. The molecule has 0 unspecified atom stereocenters. The molecular weight excluding hydrogens is 317 g/mol. The minimum atomic E-state index is 0. The molecule has 0 aliphatic heterocycles. The first-order valence-corrected chi connectivity index (χ1v) is 7.54. The molecular formula is C14H36Cl3N3. The SMILES string of the molecule is CCNCCCCCNCCCCCNCC.Cl.Cl.Cl. The van der Waals surface area contributed by atoms with E-state index in [0.717, 1.165) is 13.1 Å². The second kappa shape index (κ2) is 28.0. The van der Waals surface area contributed by atoms with Crippen LogP contribution >= 0.6 is 37.2 Å². The second-order valence-electron chi connectivity index (χ2n) is 4.58. The lowest BCUT2D eigenvalue weighted by atomic mass is 10.2. The third kappa shape index (κ3) is 27.2. The van der Waals surface area contributed by atoms with E-state index < -0.39 is 0 Å². The number of hydrogen-bond donors (Lipinski definition) is 3. The Bertz CT molecular complexity index is 127. The van der Waals surface area contributed by atoms with Gasteiger partial charge in [0.1, 0.15) is 0 Å². The molecule has 0 aliphatic rings. The molecule has 0 spiro atoms. The smallest absolute Gasteiger partial charge is 0.00489 e. The molecule has 6 heteroatoms. The van der Waals surface area contributed by atoms with E-state index in [0.29, 0.717) is 0 Å². The van der Waals surface area contributed by atoms with Gasteiger partial charge in [0.25, 0.3) is 0 Å². The zero-order chi connectivity index (χ0) is 12.6. The number of unbranched alkanes of at least 4 members (excludes halogenated alkanes) is 4. The van der Waals surface area contributed by atoms with Crippen molar-refractivity contribution in [2.75, 3.05) is 39.3 Å². The van der Waals surface area contributed by atoms with E-state index in [1.807, 2.05) is 0 Å². The van der Waals surface area contributed by atoms with Crippen molar-refractivity contribution in [1.29, 1.82) is 0 Å². The highest BCUT2D eigenvalue weighted by Crippen LogP contribution is 1.94. The van der Waals surface area contributed by atoms with Gasteiger partial charge in [-0.2, -0.15) is 0 Å². The van der Waals surface area contributed by atoms with Crippen LogP contribution in [0.3, 0.4) is 0 Å². The molecule has 3 nitrogen and oxygen atoms in total. The van der Waals surface area contributed by atoms with Gasteiger partial charge in [0.05, 0.1) is 0 Å². The van der Waals surface area contributed by atoms with Gasteiger partial charge in [0.2, 0.25) is 0 Å². The highest BCUT2D eigenvalue weighted by Gasteiger charge is 1.91. The lowest BCUT2D eigenvalue weighted by molar-refractivity contribution is 0.550. The Labute approximate surface area is 145 Å². The molecule has 0 aromatic carbocycles. The Morgan fingerprint density at radius 1 is 0.450 bits per heavy atom. The van der Waals surface area contributed by atoms with E-state index in [4.69, 9.17) is 0 Å². The maximum atomic E-state index is 3.53. The molecule has 0 aromatic heterocycles. The predicted molar refractivity (Wildman–Crippen MR) is 99.4 cm³/mol. The summed E-state index contributed by atoms with van der Waals surface area (Å²) in [6.07, 6.45) is 7.98. The number of halogens is 3. The fraction of sp³-hybridized carbons (Fsp3) is 1.00. The van der Waals surface area contributed by atoms with E-state index in [9.17, 15) is 0 Å². The fourth-order valence-corrected chi connectivity index (χ4v) is 1.83. The van der Waals surface area contributed by atoms with Crippen LogP contribution in [0.5, 0.6) is 0 Å². The average Bonchev–Trinajstić information content (AvgIpc) is 2.35. The van der Waals surface area contributed by atoms with Crippen LogP contribution in [0.1, 0.15) is 52.4 Å². The summed E-state index contributed by atoms with van der Waals surface area (Å²) in [7, 11) is 0. The van der Waals surface area contributed by atoms with Crippen molar-refractivity contribution >= 4 is 37.2 Å². The van der Waals surface area contributed by atoms with Crippen molar-refractivity contribution in [1.82, 2.24) is 16.0 Å². The van der Waals surface area contributed by atoms with Crippen LogP contribution in [0.2, 0.25) is 0 Å². The Hall–Kier alpha value is 0.750. The van der Waals surface area contributed by atoms with Crippen molar-refractivity contribution in [2.24, 2.45) is 0 Å². The molecule has 0 rings (SSSR count). The Balaban J connectivity index is -0.000000427. The van der Waals surface area contributed by atoms with E-state index in [1.54, 1.807) is 0 Å². The molecule has 0 atom stereocenters. The van der Waals surface area contributed by atoms with E-state index in [1.165, 1.54) is 64.7 Å². The molecule has 128 valence electrons. The predicted octanol–water partition coefficient (Wildman–Crippen LogP) is 3.40. The Morgan fingerprint density at radius 3 is 1.05 bits per heavy atom. The standard InChI is InChI=1S/C14H33N3.3ClH/c1-3-15-11-7-5-9-13-17-14-10-6-8-12-16-4-2;;;/h15-17H,3-14H2,1-2H3;3*1H. The highest BCUT2D eigenvalue weighted by molar-refractivity contribution is 5.86. The van der Waals surface area contributed by atoms with Gasteiger partial charge in [-0.05, 0) is 65.0 Å². The molecule has 0 heterocycles. The number of hydrogen-bond acceptors (Lipinski definition) is 3. The summed E-state index contributed by atoms with van der Waals surface area (Å²) in [5, 5.41) is 10.2. The van der Waals surface area contributed by atoms with Crippen LogP contribution in [-0.4, -0.2) is 39.3 Å². The van der Waals surface area contributed by atoms with Gasteiger partial charge >= 0.3 is 0 Å². The third-order valence-electron chi connectivity index (χ3n) is 2.91. The number of rotatable bonds is 14. The van der Waals surface area contributed by atoms with Gasteiger partial charge in [-0.15, -0.1) is 37.2 Å². The summed E-state index contributed by atoms with van der Waals surface area (Å²) in [6, 6.07) is 0. The maximum Gasteiger partial charge on any atom is -0.00489 e. The van der Waals surface area contributed by atoms with E-state index >= 15 is 0 Å². The topological polar surface area (TPSA) is 36.1 Å². The minimum Gasteiger partial charge on any atom is -0.317 e. The zero-order valence-electron chi connectivity index (χ0n) is 13.2. The third-order valence-corrected chi connectivity index (χ3v) is 2.91. The summed E-state index contributed by atoms with van der Waals surface area (Å²) in [5.41, 5.74) is 0. The van der Waals surface area contributed by atoms with Gasteiger partial charge in [-0.25, -0.2) is 0 Å². The molecule has 0 saturated carbocycles. The Morgan fingerprint density at radius 2 is 0.750 bits per heavy atom. The summed E-state index contributed by atoms with van der Waals surface area (Å²) < 4.78 is 0. The molecule has 0 saturated heterocycles. The highest BCUT2D eigenvalue weighted by atomic mass is 35.5. The van der Waals surface area contributed by atoms with Crippen molar-refractivity contribution < 1.29 is 0 Å². The number of nitrogens with one attached hydrogen (secondary N) is 3. The summed E-state index contributed by atoms with van der Waals surface area (Å²) in [5.74, 6) is 0. The van der Waals surface area contributed by atoms with Gasteiger partial charge in [0.15, 0.2) is 0 Å². The lowest BCUT2D eigenvalue weighted by Gasteiger charge is -2.05. The molecule has 20 heavy (non-hydrogen) atoms. The van der Waals surface area contributed by atoms with Crippen molar-refractivity contribution in [3.63, 3.8) is 0 Å². The van der Waals surface area contributed by atoms with Gasteiger partial charge in [-0.1, -0.05) is 26.7 Å². The van der Waals surface area contributed by atoms with Crippen LogP contribution in [0.15, 0.2) is 0 Å². The Kier molecular flexibility index (Phi) is 40.4. The van der Waals surface area contributed by atoms with Crippen molar-refractivity contribution in [2.45, 2.75) is 52.4 Å². The summed E-state index contributed by atoms with van der Waals surface area (Å²) >= 11 is 0. The largest absolute Gasteiger partial charge is 0.317 e. The quantitative estimate of drug-likeness (QED) is 0.419. The molecule has 0 radical (unpaired) electrons. The van der Waals surface area contributed by atoms with E-state index in [2.05, 4.69) is 29.8 Å². The molecule has 0 aliphatic carbocycles. The first-order valence-electron chi connectivity index (χ1n) is 7.54. The monoisotopic (exact) mass is 351 g/mol. The van der Waals surface area contributed by atoms with Crippen LogP contribution in [0, 0.1) is 0 Å². The van der Waals surface area contributed by atoms with E-state index in [-0.39, 0.29) is 37.2 Å². The normalized spacial score (nSPS) is 9.30. The van der Waals surface area contributed by atoms with Crippen LogP contribution in [0.4, 0.5) is 0 Å². The van der Waals surface area contributed by atoms with Gasteiger partial charge < -0.3 is 16.0 Å². The molecule has 0 fully saturated rings.